The number of piperazine rings is 1. The molecule has 0 bridgehead atoms. The molecular weight excluding hydrogens is 520 g/mol. The van der Waals surface area contributed by atoms with Crippen LogP contribution in [0.1, 0.15) is 56.9 Å². The van der Waals surface area contributed by atoms with Gasteiger partial charge in [-0.15, -0.1) is 0 Å². The number of amides is 3. The van der Waals surface area contributed by atoms with Gasteiger partial charge in [0.15, 0.2) is 0 Å². The van der Waals surface area contributed by atoms with Crippen LogP contribution in [0.3, 0.4) is 0 Å². The number of imidazole rings is 1. The van der Waals surface area contributed by atoms with Gasteiger partial charge in [-0.2, -0.15) is 0 Å². The Labute approximate surface area is 230 Å². The van der Waals surface area contributed by atoms with E-state index in [1.165, 1.54) is 10.5 Å². The third-order valence-electron chi connectivity index (χ3n) is 7.71. The van der Waals surface area contributed by atoms with Gasteiger partial charge in [0, 0.05) is 56.0 Å². The van der Waals surface area contributed by atoms with Crippen molar-refractivity contribution in [3.8, 4) is 0 Å². The Morgan fingerprint density at radius 2 is 1.93 bits per heavy atom. The number of hydrogen-bond donors (Lipinski definition) is 1. The first-order valence-corrected chi connectivity index (χ1v) is 13.5. The first kappa shape index (κ1) is 26.3. The van der Waals surface area contributed by atoms with Crippen molar-refractivity contribution < 1.29 is 23.1 Å². The molecule has 0 radical (unpaired) electrons. The van der Waals surface area contributed by atoms with Crippen LogP contribution in [0.15, 0.2) is 30.7 Å². The average molecular weight is 554 g/mol. The molecule has 0 unspecified atom stereocenters. The fourth-order valence-corrected chi connectivity index (χ4v) is 5.79. The van der Waals surface area contributed by atoms with Crippen molar-refractivity contribution in [3.63, 3.8) is 0 Å². The van der Waals surface area contributed by atoms with E-state index in [4.69, 9.17) is 4.74 Å². The van der Waals surface area contributed by atoms with E-state index >= 15 is 0 Å². The second-order valence-electron chi connectivity index (χ2n) is 11.8. The molecule has 1 spiro atoms. The number of anilines is 3. The predicted octanol–water partition coefficient (Wildman–Crippen LogP) is 5.16. The molecule has 10 nitrogen and oxygen atoms in total. The van der Waals surface area contributed by atoms with Crippen molar-refractivity contribution in [2.45, 2.75) is 64.5 Å². The van der Waals surface area contributed by atoms with Gasteiger partial charge in [-0.05, 0) is 59.1 Å². The van der Waals surface area contributed by atoms with Crippen LogP contribution >= 0.6 is 0 Å². The fraction of sp³-hybridized carbons (Fsp3) is 0.500. The topological polar surface area (TPSA) is 95.3 Å². The highest BCUT2D eigenvalue weighted by molar-refractivity contribution is 6.03. The second-order valence-corrected chi connectivity index (χ2v) is 11.8. The van der Waals surface area contributed by atoms with Crippen molar-refractivity contribution in [2.24, 2.45) is 0 Å². The molecule has 2 fully saturated rings. The summed E-state index contributed by atoms with van der Waals surface area (Å²) in [5, 5.41) is 2.77. The van der Waals surface area contributed by atoms with Gasteiger partial charge in [-0.1, -0.05) is 0 Å². The molecule has 6 rings (SSSR count). The normalized spacial score (nSPS) is 18.0. The zero-order valence-electron chi connectivity index (χ0n) is 23.1. The van der Waals surface area contributed by atoms with E-state index in [-0.39, 0.29) is 28.5 Å². The van der Waals surface area contributed by atoms with Crippen LogP contribution < -0.4 is 15.1 Å². The number of fused-ring (bicyclic) bond motifs is 2. The lowest BCUT2D eigenvalue weighted by atomic mass is 10.1. The number of urea groups is 1. The highest BCUT2D eigenvalue weighted by Gasteiger charge is 2.54. The maximum atomic E-state index is 13.7. The SMILES string of the molecule is Cc1cn2cc(NC(=O)N3CCc4c(N5CCN(C(=O)OC(C)(C)C)C6(CC6)C5)ccnc43)cc(C(F)F)c2n1. The number of nitrogens with one attached hydrogen (secondary N) is 1. The standard InChI is InChI=1S/C28H33F2N7O3/c1-17-14-35-15-18(13-20(22(29)30)24(35)32-17)33-25(38)36-10-6-19-21(5-9-31-23(19)36)34-11-12-37(28(16-34)7-8-28)26(39)40-27(2,3)4/h5,9,13-15,22H,6-8,10-12,16H2,1-4H3,(H,33,38). The second kappa shape index (κ2) is 9.31. The Kier molecular flexibility index (Phi) is 6.11. The summed E-state index contributed by atoms with van der Waals surface area (Å²) in [7, 11) is 0. The minimum atomic E-state index is -2.73. The molecule has 212 valence electrons. The number of halogens is 2. The molecule has 1 aliphatic carbocycles. The minimum Gasteiger partial charge on any atom is -0.444 e. The lowest BCUT2D eigenvalue weighted by Gasteiger charge is -2.43. The quantitative estimate of drug-likeness (QED) is 0.482. The van der Waals surface area contributed by atoms with Gasteiger partial charge in [0.1, 0.15) is 17.1 Å². The number of rotatable bonds is 3. The summed E-state index contributed by atoms with van der Waals surface area (Å²) < 4.78 is 34.6. The lowest BCUT2D eigenvalue weighted by Crippen LogP contribution is -2.58. The van der Waals surface area contributed by atoms with Crippen LogP contribution in [0.5, 0.6) is 0 Å². The Balaban J connectivity index is 1.20. The van der Waals surface area contributed by atoms with Gasteiger partial charge >= 0.3 is 12.1 Å². The molecule has 1 saturated carbocycles. The van der Waals surface area contributed by atoms with Crippen molar-refractivity contribution in [1.82, 2.24) is 19.3 Å². The number of carbonyl (C=O) groups excluding carboxylic acids is 2. The summed E-state index contributed by atoms with van der Waals surface area (Å²) in [5.41, 5.74) is 1.97. The molecule has 1 saturated heterocycles. The fourth-order valence-electron chi connectivity index (χ4n) is 5.79. The van der Waals surface area contributed by atoms with E-state index in [0.29, 0.717) is 44.1 Å². The third-order valence-corrected chi connectivity index (χ3v) is 7.71. The Morgan fingerprint density at radius 3 is 2.62 bits per heavy atom. The van der Waals surface area contributed by atoms with Crippen LogP contribution in [0.25, 0.3) is 5.65 Å². The number of alkyl halides is 2. The monoisotopic (exact) mass is 553 g/mol. The van der Waals surface area contributed by atoms with Gasteiger partial charge in [-0.25, -0.2) is 28.3 Å². The summed E-state index contributed by atoms with van der Waals surface area (Å²) in [6, 6.07) is 2.79. The number of aryl methyl sites for hydroxylation is 1. The molecule has 0 atom stereocenters. The van der Waals surface area contributed by atoms with E-state index in [9.17, 15) is 18.4 Å². The lowest BCUT2D eigenvalue weighted by molar-refractivity contribution is 0.0106. The van der Waals surface area contributed by atoms with Crippen LogP contribution in [0.4, 0.5) is 35.6 Å². The van der Waals surface area contributed by atoms with E-state index in [1.54, 1.807) is 30.4 Å². The summed E-state index contributed by atoms with van der Waals surface area (Å²) in [5.74, 6) is 0.558. The largest absolute Gasteiger partial charge is 0.444 e. The van der Waals surface area contributed by atoms with Crippen molar-refractivity contribution >= 4 is 35.0 Å². The number of nitrogens with zero attached hydrogens (tertiary/aromatic N) is 6. The number of ether oxygens (including phenoxy) is 1. The molecule has 3 aliphatic rings. The first-order chi connectivity index (χ1) is 18.9. The summed E-state index contributed by atoms with van der Waals surface area (Å²) in [6.07, 6.45) is 4.37. The van der Waals surface area contributed by atoms with Crippen molar-refractivity contribution in [3.05, 3.63) is 47.5 Å². The van der Waals surface area contributed by atoms with E-state index in [2.05, 4.69) is 20.2 Å². The van der Waals surface area contributed by atoms with Crippen LogP contribution in [-0.4, -0.2) is 68.7 Å². The first-order valence-electron chi connectivity index (χ1n) is 13.5. The molecule has 5 heterocycles. The van der Waals surface area contributed by atoms with Crippen LogP contribution in [0.2, 0.25) is 0 Å². The predicted molar refractivity (Wildman–Crippen MR) is 146 cm³/mol. The van der Waals surface area contributed by atoms with Crippen LogP contribution in [-0.2, 0) is 11.2 Å². The zero-order valence-corrected chi connectivity index (χ0v) is 23.1. The van der Waals surface area contributed by atoms with Crippen molar-refractivity contribution in [1.29, 1.82) is 0 Å². The third kappa shape index (κ3) is 4.69. The maximum absolute atomic E-state index is 13.7. The van der Waals surface area contributed by atoms with Crippen LogP contribution in [0, 0.1) is 6.92 Å². The molecule has 2 aliphatic heterocycles. The molecule has 3 aromatic heterocycles. The summed E-state index contributed by atoms with van der Waals surface area (Å²) >= 11 is 0. The molecule has 1 N–H and O–H groups in total. The Hall–Kier alpha value is -3.96. The number of hydrogen-bond acceptors (Lipinski definition) is 6. The molecule has 0 aromatic carbocycles. The highest BCUT2D eigenvalue weighted by Crippen LogP contribution is 2.47. The number of pyridine rings is 2. The molecule has 40 heavy (non-hydrogen) atoms. The smallest absolute Gasteiger partial charge is 0.410 e. The molecule has 3 aromatic rings. The Bertz CT molecular complexity index is 1500. The van der Waals surface area contributed by atoms with Gasteiger partial charge in [0.2, 0.25) is 0 Å². The zero-order chi connectivity index (χ0) is 28.4. The van der Waals surface area contributed by atoms with Gasteiger partial charge in [0.25, 0.3) is 6.43 Å². The summed E-state index contributed by atoms with van der Waals surface area (Å²) in [6.45, 7) is 9.65. The van der Waals surface area contributed by atoms with Gasteiger partial charge in [-0.3, -0.25) is 9.80 Å². The number of carbonyl (C=O) groups is 2. The molecule has 12 heteroatoms. The maximum Gasteiger partial charge on any atom is 0.410 e. The molecule has 3 amide bonds. The minimum absolute atomic E-state index is 0.170. The van der Waals surface area contributed by atoms with Gasteiger partial charge < -0.3 is 19.4 Å². The summed E-state index contributed by atoms with van der Waals surface area (Å²) in [4.78, 5) is 40.6. The van der Waals surface area contributed by atoms with Crippen molar-refractivity contribution in [2.75, 3.05) is 41.3 Å². The number of aromatic nitrogens is 3. The highest BCUT2D eigenvalue weighted by atomic mass is 19.3. The van der Waals surface area contributed by atoms with Gasteiger partial charge in [0.05, 0.1) is 22.5 Å². The average Bonchev–Trinajstić information content (AvgIpc) is 3.30. The Morgan fingerprint density at radius 1 is 1.15 bits per heavy atom. The molecular formula is C28H33F2N7O3. The van der Waals surface area contributed by atoms with E-state index < -0.39 is 18.1 Å². The van der Waals surface area contributed by atoms with E-state index in [1.807, 2.05) is 31.7 Å². The van der Waals surface area contributed by atoms with E-state index in [0.717, 1.165) is 24.1 Å².